The number of fused-ring (bicyclic) bond motifs is 2. The molecule has 11 heteroatoms. The van der Waals surface area contributed by atoms with Gasteiger partial charge in [0.25, 0.3) is 0 Å². The van der Waals surface area contributed by atoms with Crippen molar-refractivity contribution in [3.63, 3.8) is 0 Å². The molecule has 0 radical (unpaired) electrons. The van der Waals surface area contributed by atoms with Crippen LogP contribution in [0.4, 0.5) is 4.39 Å². The Morgan fingerprint density at radius 1 is 1.20 bits per heavy atom. The van der Waals surface area contributed by atoms with Gasteiger partial charge in [-0.25, -0.2) is 12.8 Å². The molecule has 7 nitrogen and oxygen atoms in total. The molecule has 0 aromatic heterocycles. The molecule has 35 heavy (non-hydrogen) atoms. The van der Waals surface area contributed by atoms with Crippen LogP contribution in [0.3, 0.4) is 0 Å². The van der Waals surface area contributed by atoms with Gasteiger partial charge in [-0.15, -0.1) is 0 Å². The van der Waals surface area contributed by atoms with Gasteiger partial charge in [0.15, 0.2) is 15.7 Å². The largest absolute Gasteiger partial charge is 0.362 e. The summed E-state index contributed by atoms with van der Waals surface area (Å²) in [4.78, 5) is 13.7. The van der Waals surface area contributed by atoms with Gasteiger partial charge in [-0.05, 0) is 47.4 Å². The average molecular weight is 540 g/mol. The molecule has 0 aliphatic carbocycles. The van der Waals surface area contributed by atoms with Gasteiger partial charge in [0, 0.05) is 19.7 Å². The molecule has 1 atom stereocenters. The predicted molar refractivity (Wildman–Crippen MR) is 132 cm³/mol. The summed E-state index contributed by atoms with van der Waals surface area (Å²) in [5, 5.41) is 6.54. The number of halogens is 3. The highest BCUT2D eigenvalue weighted by Gasteiger charge is 2.52. The Balaban J connectivity index is 1.35. The standard InChI is InChI=1S/C24H24Cl2FN3O4S/c1-23(16-7-18(25)22(27)19(26)8-16)9-20(28-29(23)2)14-4-5-17-15(6-14)10-34-24(17)12-30(13-24)21(31)11-35(3,32)33/h4-8H,9-13H2,1-3H3. The van der Waals surface area contributed by atoms with Crippen LogP contribution in [0.1, 0.15) is 35.6 Å². The minimum atomic E-state index is -3.38. The first-order chi connectivity index (χ1) is 16.3. The second-order valence-electron chi connectivity index (χ2n) is 9.75. The Bertz CT molecular complexity index is 1370. The first-order valence-corrected chi connectivity index (χ1v) is 13.8. The van der Waals surface area contributed by atoms with E-state index in [-0.39, 0.29) is 10.0 Å². The number of hydrazone groups is 1. The van der Waals surface area contributed by atoms with Crippen LogP contribution in [0.25, 0.3) is 0 Å². The molecular formula is C24H24Cl2FN3O4S. The van der Waals surface area contributed by atoms with Crippen molar-refractivity contribution in [3.8, 4) is 0 Å². The van der Waals surface area contributed by atoms with E-state index < -0.39 is 38.5 Å². The SMILES string of the molecule is CN1N=C(c2ccc3c(c2)COC32CN(C(=O)CS(C)(=O)=O)C2)CC1(C)c1cc(Cl)c(F)c(Cl)c1. The molecule has 186 valence electrons. The number of sulfone groups is 1. The Kier molecular flexibility index (Phi) is 5.71. The third-order valence-corrected chi connectivity index (χ3v) is 8.49. The van der Waals surface area contributed by atoms with E-state index in [4.69, 9.17) is 33.0 Å². The van der Waals surface area contributed by atoms with Crippen LogP contribution in [0, 0.1) is 5.82 Å². The topological polar surface area (TPSA) is 79.3 Å². The van der Waals surface area contributed by atoms with Crippen molar-refractivity contribution < 1.29 is 22.3 Å². The first-order valence-electron chi connectivity index (χ1n) is 11.0. The first kappa shape index (κ1) is 24.5. The zero-order chi connectivity index (χ0) is 25.3. The fourth-order valence-corrected chi connectivity index (χ4v) is 6.16. The molecule has 2 aromatic rings. The number of likely N-dealkylation sites (tertiary alicyclic amines) is 1. The van der Waals surface area contributed by atoms with Crippen molar-refractivity contribution in [1.82, 2.24) is 9.91 Å². The molecule has 1 fully saturated rings. The zero-order valence-electron chi connectivity index (χ0n) is 19.4. The summed E-state index contributed by atoms with van der Waals surface area (Å²) in [7, 11) is -1.52. The zero-order valence-corrected chi connectivity index (χ0v) is 21.8. The summed E-state index contributed by atoms with van der Waals surface area (Å²) in [6.45, 7) is 3.08. The predicted octanol–water partition coefficient (Wildman–Crippen LogP) is 3.70. The van der Waals surface area contributed by atoms with Gasteiger partial charge in [-0.3, -0.25) is 9.80 Å². The Hall–Kier alpha value is -2.20. The van der Waals surface area contributed by atoms with Crippen LogP contribution in [-0.4, -0.2) is 62.1 Å². The number of rotatable bonds is 4. The Labute approximate surface area is 213 Å². The minimum Gasteiger partial charge on any atom is -0.362 e. The highest BCUT2D eigenvalue weighted by Crippen LogP contribution is 2.45. The van der Waals surface area contributed by atoms with Crippen LogP contribution in [0.2, 0.25) is 10.0 Å². The molecule has 1 spiro atoms. The number of hydrogen-bond donors (Lipinski definition) is 0. The maximum absolute atomic E-state index is 14.0. The minimum absolute atomic E-state index is 0.0277. The van der Waals surface area contributed by atoms with Gasteiger partial charge in [0.1, 0.15) is 11.4 Å². The van der Waals surface area contributed by atoms with Crippen LogP contribution in [0.5, 0.6) is 0 Å². The van der Waals surface area contributed by atoms with E-state index in [2.05, 4.69) is 0 Å². The molecule has 5 rings (SSSR count). The summed E-state index contributed by atoms with van der Waals surface area (Å²) >= 11 is 12.1. The molecule has 3 aliphatic rings. The number of amides is 1. The number of carbonyl (C=O) groups is 1. The van der Waals surface area contributed by atoms with E-state index in [1.54, 1.807) is 12.1 Å². The molecule has 3 aliphatic heterocycles. The van der Waals surface area contributed by atoms with Crippen molar-refractivity contribution in [3.05, 3.63) is 68.4 Å². The van der Waals surface area contributed by atoms with Gasteiger partial charge in [0.2, 0.25) is 5.91 Å². The van der Waals surface area contributed by atoms with E-state index in [9.17, 15) is 17.6 Å². The summed E-state index contributed by atoms with van der Waals surface area (Å²) < 4.78 is 42.9. The van der Waals surface area contributed by atoms with E-state index >= 15 is 0 Å². The normalized spacial score (nSPS) is 22.9. The fourth-order valence-electron chi connectivity index (χ4n) is 5.04. The number of hydrogen-bond acceptors (Lipinski definition) is 6. The Morgan fingerprint density at radius 2 is 1.86 bits per heavy atom. The second kappa shape index (κ2) is 8.16. The third kappa shape index (κ3) is 4.12. The van der Waals surface area contributed by atoms with Gasteiger partial charge in [-0.2, -0.15) is 5.10 Å². The summed E-state index contributed by atoms with van der Waals surface area (Å²) in [6.07, 6.45) is 1.62. The van der Waals surface area contributed by atoms with Crippen LogP contribution < -0.4 is 0 Å². The van der Waals surface area contributed by atoms with Crippen molar-refractivity contribution in [1.29, 1.82) is 0 Å². The smallest absolute Gasteiger partial charge is 0.237 e. The summed E-state index contributed by atoms with van der Waals surface area (Å²) in [5.41, 5.74) is 3.47. The van der Waals surface area contributed by atoms with Crippen LogP contribution >= 0.6 is 23.2 Å². The maximum Gasteiger partial charge on any atom is 0.237 e. The lowest BCUT2D eigenvalue weighted by atomic mass is 9.83. The van der Waals surface area contributed by atoms with Gasteiger partial charge < -0.3 is 9.64 Å². The highest BCUT2D eigenvalue weighted by molar-refractivity contribution is 7.91. The highest BCUT2D eigenvalue weighted by atomic mass is 35.5. The quantitative estimate of drug-likeness (QED) is 0.553. The van der Waals surface area contributed by atoms with E-state index in [0.717, 1.165) is 34.2 Å². The van der Waals surface area contributed by atoms with Crippen LogP contribution in [-0.2, 0) is 37.1 Å². The van der Waals surface area contributed by atoms with Crippen molar-refractivity contribution >= 4 is 44.7 Å². The molecule has 0 bridgehead atoms. The molecule has 0 N–H and O–H groups in total. The second-order valence-corrected chi connectivity index (χ2v) is 12.7. The lowest BCUT2D eigenvalue weighted by Gasteiger charge is -2.47. The molecule has 1 saturated heterocycles. The lowest BCUT2D eigenvalue weighted by Crippen LogP contribution is -2.62. The number of carbonyl (C=O) groups excluding carboxylic acids is 1. The van der Waals surface area contributed by atoms with Gasteiger partial charge >= 0.3 is 0 Å². The molecule has 0 saturated carbocycles. The third-order valence-electron chi connectivity index (χ3n) is 7.17. The number of nitrogens with zero attached hydrogens (tertiary/aromatic N) is 3. The molecular weight excluding hydrogens is 516 g/mol. The van der Waals surface area contributed by atoms with Crippen LogP contribution in [0.15, 0.2) is 35.4 Å². The lowest BCUT2D eigenvalue weighted by molar-refractivity contribution is -0.166. The number of benzene rings is 2. The van der Waals surface area contributed by atoms with E-state index in [0.29, 0.717) is 26.1 Å². The molecule has 2 aromatic carbocycles. The molecule has 3 heterocycles. The van der Waals surface area contributed by atoms with Crippen molar-refractivity contribution in [2.24, 2.45) is 5.10 Å². The molecule has 1 amide bonds. The van der Waals surface area contributed by atoms with Crippen molar-refractivity contribution in [2.75, 3.05) is 32.1 Å². The van der Waals surface area contributed by atoms with Gasteiger partial charge in [0.05, 0.1) is 41.0 Å². The summed E-state index contributed by atoms with van der Waals surface area (Å²) in [5.74, 6) is -1.54. The monoisotopic (exact) mass is 539 g/mol. The van der Waals surface area contributed by atoms with E-state index in [1.807, 2.05) is 37.2 Å². The fraction of sp³-hybridized carbons (Fsp3) is 0.417. The summed E-state index contributed by atoms with van der Waals surface area (Å²) in [6, 6.07) is 9.21. The van der Waals surface area contributed by atoms with E-state index in [1.165, 1.54) is 4.90 Å². The Morgan fingerprint density at radius 3 is 2.49 bits per heavy atom. The number of ether oxygens (including phenoxy) is 1. The van der Waals surface area contributed by atoms with Gasteiger partial charge in [-0.1, -0.05) is 35.3 Å². The average Bonchev–Trinajstić information content (AvgIpc) is 3.27. The maximum atomic E-state index is 14.0. The van der Waals surface area contributed by atoms with Crippen molar-refractivity contribution in [2.45, 2.75) is 31.1 Å². The molecule has 1 unspecified atom stereocenters.